The molecule has 0 saturated carbocycles. The van der Waals surface area contributed by atoms with E-state index in [2.05, 4.69) is 126 Å². The van der Waals surface area contributed by atoms with Crippen LogP contribution in [0.1, 0.15) is 11.1 Å². The molecule has 8 heteroatoms. The van der Waals surface area contributed by atoms with Gasteiger partial charge < -0.3 is 18.4 Å². The summed E-state index contributed by atoms with van der Waals surface area (Å²) in [7, 11) is 2.16. The van der Waals surface area contributed by atoms with E-state index in [0.29, 0.717) is 0 Å². The average molecular weight is 636 g/mol. The first kappa shape index (κ1) is 27.8. The Kier molecular flexibility index (Phi) is 5.88. The van der Waals surface area contributed by atoms with Gasteiger partial charge in [-0.3, -0.25) is 4.57 Å². The van der Waals surface area contributed by atoms with Crippen molar-refractivity contribution in [3.05, 3.63) is 139 Å². The van der Waals surface area contributed by atoms with Gasteiger partial charge in [0.05, 0.1) is 17.2 Å². The van der Waals surface area contributed by atoms with E-state index in [9.17, 15) is 0 Å². The lowest BCUT2D eigenvalue weighted by Crippen LogP contribution is -2.56. The number of anilines is 1. The summed E-state index contributed by atoms with van der Waals surface area (Å²) in [4.78, 5) is 12.0. The number of hydrogen-bond acceptors (Lipinski definition) is 5. The van der Waals surface area contributed by atoms with Gasteiger partial charge in [-0.05, 0) is 74.9 Å². The Morgan fingerprint density at radius 2 is 1.43 bits per heavy atom. The summed E-state index contributed by atoms with van der Waals surface area (Å²) >= 11 is 0. The molecule has 0 radical (unpaired) electrons. The number of imidazole rings is 1. The van der Waals surface area contributed by atoms with E-state index in [1.54, 1.807) is 0 Å². The minimum atomic E-state index is 0.00941. The van der Waals surface area contributed by atoms with Crippen LogP contribution < -0.4 is 15.0 Å². The molecule has 0 amide bonds. The van der Waals surface area contributed by atoms with Gasteiger partial charge in [-0.15, -0.1) is 0 Å². The Morgan fingerprint density at radius 3 is 2.31 bits per heavy atom. The number of fused-ring (bicyclic) bond motifs is 9. The summed E-state index contributed by atoms with van der Waals surface area (Å²) in [5.74, 6) is 3.24. The van der Waals surface area contributed by atoms with Crippen molar-refractivity contribution in [3.8, 4) is 28.7 Å². The monoisotopic (exact) mass is 635 g/mol. The Hall–Kier alpha value is -6.28. The Labute approximate surface area is 282 Å². The molecule has 9 aromatic rings. The van der Waals surface area contributed by atoms with Crippen molar-refractivity contribution in [2.75, 3.05) is 11.9 Å². The van der Waals surface area contributed by atoms with Gasteiger partial charge in [0.2, 0.25) is 0 Å². The summed E-state index contributed by atoms with van der Waals surface area (Å²) < 4.78 is 17.2. The summed E-state index contributed by atoms with van der Waals surface area (Å²) in [6.45, 7) is 4.38. The van der Waals surface area contributed by atoms with Crippen LogP contribution in [0.4, 0.5) is 5.69 Å². The zero-order chi connectivity index (χ0) is 32.8. The second-order valence-electron chi connectivity index (χ2n) is 12.9. The molecule has 4 aromatic heterocycles. The molecule has 0 saturated heterocycles. The van der Waals surface area contributed by atoms with Crippen LogP contribution in [0.2, 0.25) is 0 Å². The van der Waals surface area contributed by atoms with E-state index in [1.807, 2.05) is 36.7 Å². The first-order chi connectivity index (χ1) is 24.0. The predicted octanol–water partition coefficient (Wildman–Crippen LogP) is 9.04. The van der Waals surface area contributed by atoms with Gasteiger partial charge in [0.1, 0.15) is 28.7 Å². The predicted molar refractivity (Wildman–Crippen MR) is 199 cm³/mol. The number of aromatic nitrogens is 4. The molecule has 0 aliphatic carbocycles. The van der Waals surface area contributed by atoms with Gasteiger partial charge in [0.25, 0.3) is 0 Å². The number of para-hydroxylation sites is 2. The molecule has 5 heterocycles. The Balaban J connectivity index is 1.07. The number of nitrogens with zero attached hydrogens (tertiary/aromatic N) is 5. The summed E-state index contributed by atoms with van der Waals surface area (Å²) in [6, 6.07) is 37.8. The molecule has 234 valence electrons. The number of ether oxygens (including phenoxy) is 1. The standard InChI is InChI=1S/C41H30BN5O2/c1-25-9-8-10-26(2)40(25)42-45(3)34-18-16-27(21-33(34)41-43-19-20-46(41)42)48-28-15-17-30-29-11-4-6-13-35(29)47(36(30)22-28)39-23-32-31-12-5-7-14-37(31)49-38(32)24-44-39/h4-24H,1-3H3. The molecule has 49 heavy (non-hydrogen) atoms. The normalized spacial score (nSPS) is 12.7. The zero-order valence-corrected chi connectivity index (χ0v) is 27.3. The van der Waals surface area contributed by atoms with E-state index in [1.165, 1.54) is 16.6 Å². The van der Waals surface area contributed by atoms with E-state index < -0.39 is 0 Å². The fourth-order valence-corrected chi connectivity index (χ4v) is 7.81. The molecule has 10 rings (SSSR count). The number of pyridine rings is 1. The van der Waals surface area contributed by atoms with Crippen LogP contribution in [-0.2, 0) is 0 Å². The molecule has 0 bridgehead atoms. The summed E-state index contributed by atoms with van der Waals surface area (Å²) in [6.07, 6.45) is 5.78. The Bertz CT molecular complexity index is 2760. The number of furan rings is 1. The van der Waals surface area contributed by atoms with Crippen molar-refractivity contribution in [1.82, 2.24) is 19.0 Å². The molecule has 1 aliphatic heterocycles. The summed E-state index contributed by atoms with van der Waals surface area (Å²) in [5.41, 5.74) is 9.70. The van der Waals surface area contributed by atoms with Crippen molar-refractivity contribution < 1.29 is 9.15 Å². The maximum atomic E-state index is 6.63. The highest BCUT2D eigenvalue weighted by Gasteiger charge is 2.37. The lowest BCUT2D eigenvalue weighted by Gasteiger charge is -2.36. The van der Waals surface area contributed by atoms with Crippen LogP contribution in [-0.4, -0.2) is 33.0 Å². The molecule has 0 fully saturated rings. The highest BCUT2D eigenvalue weighted by atomic mass is 16.5. The molecule has 0 spiro atoms. The first-order valence-corrected chi connectivity index (χ1v) is 16.5. The van der Waals surface area contributed by atoms with Gasteiger partial charge in [-0.25, -0.2) is 9.97 Å². The van der Waals surface area contributed by atoms with Crippen LogP contribution in [0.3, 0.4) is 0 Å². The van der Waals surface area contributed by atoms with E-state index in [0.717, 1.165) is 78.1 Å². The van der Waals surface area contributed by atoms with Crippen LogP contribution in [0.25, 0.3) is 61.0 Å². The molecular formula is C41H30BN5O2. The number of hydrogen-bond donors (Lipinski definition) is 0. The maximum Gasteiger partial charge on any atom is 0.417 e. The topological polar surface area (TPSA) is 61.2 Å². The van der Waals surface area contributed by atoms with Gasteiger partial charge >= 0.3 is 6.98 Å². The van der Waals surface area contributed by atoms with Gasteiger partial charge in [-0.1, -0.05) is 65.7 Å². The third kappa shape index (κ3) is 4.10. The Morgan fingerprint density at radius 1 is 0.673 bits per heavy atom. The second kappa shape index (κ2) is 10.4. The van der Waals surface area contributed by atoms with Crippen LogP contribution in [0.15, 0.2) is 132 Å². The third-order valence-corrected chi connectivity index (χ3v) is 10.0. The van der Waals surface area contributed by atoms with Crippen molar-refractivity contribution in [2.45, 2.75) is 13.8 Å². The molecule has 7 nitrogen and oxygen atoms in total. The van der Waals surface area contributed by atoms with E-state index in [4.69, 9.17) is 19.1 Å². The fraction of sp³-hybridized carbons (Fsp3) is 0.0732. The SMILES string of the molecule is Cc1cccc(C)c1B1N(C)c2ccc(Oc3ccc4c5ccccc5n(-c5cc6c(cn5)oc5ccccc56)c4c3)cc2-c2nccn21. The van der Waals surface area contributed by atoms with Crippen molar-refractivity contribution >= 4 is 61.9 Å². The largest absolute Gasteiger partial charge is 0.457 e. The van der Waals surface area contributed by atoms with Crippen LogP contribution in [0.5, 0.6) is 11.5 Å². The van der Waals surface area contributed by atoms with Crippen molar-refractivity contribution in [2.24, 2.45) is 0 Å². The molecular weight excluding hydrogens is 605 g/mol. The summed E-state index contributed by atoms with van der Waals surface area (Å²) in [5, 5.41) is 4.40. The van der Waals surface area contributed by atoms with Crippen molar-refractivity contribution in [1.29, 1.82) is 0 Å². The number of rotatable bonds is 4. The van der Waals surface area contributed by atoms with Gasteiger partial charge in [0.15, 0.2) is 5.58 Å². The zero-order valence-electron chi connectivity index (χ0n) is 27.3. The van der Waals surface area contributed by atoms with Gasteiger partial charge in [-0.2, -0.15) is 0 Å². The highest BCUT2D eigenvalue weighted by molar-refractivity contribution is 6.77. The van der Waals surface area contributed by atoms with E-state index in [-0.39, 0.29) is 6.98 Å². The van der Waals surface area contributed by atoms with Crippen molar-refractivity contribution in [3.63, 3.8) is 0 Å². The smallest absolute Gasteiger partial charge is 0.417 e. The second-order valence-corrected chi connectivity index (χ2v) is 12.9. The number of aryl methyl sites for hydroxylation is 2. The van der Waals surface area contributed by atoms with Crippen LogP contribution >= 0.6 is 0 Å². The molecule has 5 aromatic carbocycles. The lowest BCUT2D eigenvalue weighted by atomic mass is 9.60. The first-order valence-electron chi connectivity index (χ1n) is 16.5. The quantitative estimate of drug-likeness (QED) is 0.181. The molecule has 1 aliphatic rings. The number of benzene rings is 5. The average Bonchev–Trinajstić information content (AvgIpc) is 3.83. The lowest BCUT2D eigenvalue weighted by molar-refractivity contribution is 0.483. The third-order valence-electron chi connectivity index (χ3n) is 10.0. The minimum absolute atomic E-state index is 0.00941. The molecule has 0 N–H and O–H groups in total. The highest BCUT2D eigenvalue weighted by Crippen LogP contribution is 2.40. The van der Waals surface area contributed by atoms with Crippen LogP contribution in [0, 0.1) is 13.8 Å². The fourth-order valence-electron chi connectivity index (χ4n) is 7.81. The molecule has 0 atom stereocenters. The maximum absolute atomic E-state index is 6.63. The molecule has 0 unspecified atom stereocenters. The van der Waals surface area contributed by atoms with E-state index >= 15 is 0 Å². The minimum Gasteiger partial charge on any atom is -0.457 e. The van der Waals surface area contributed by atoms with Gasteiger partial charge in [0, 0.05) is 51.3 Å².